The number of carboxylic acids is 2. The molecule has 1 saturated carbocycles. The van der Waals surface area contributed by atoms with Gasteiger partial charge < -0.3 is 130 Å². The van der Waals surface area contributed by atoms with E-state index < -0.39 is 11.9 Å². The van der Waals surface area contributed by atoms with E-state index >= 15 is 0 Å². The molecule has 0 spiro atoms. The molecule has 0 radical (unpaired) electrons. The fraction of sp³-hybridized carbons (Fsp3) is 0.939. The second-order valence-electron chi connectivity index (χ2n) is 28.1. The molecule has 0 bridgehead atoms. The van der Waals surface area contributed by atoms with Crippen LogP contribution in [0.5, 0.6) is 0 Å². The average Bonchev–Trinajstić information content (AvgIpc) is 1.62. The summed E-state index contributed by atoms with van der Waals surface area (Å²) in [5.74, 6) is 0.221. The van der Waals surface area contributed by atoms with Gasteiger partial charge in [0.1, 0.15) is 0 Å². The number of carboxylic acid groups (broad SMARTS) is 2. The van der Waals surface area contributed by atoms with E-state index in [1.807, 2.05) is 4.68 Å². The summed E-state index contributed by atoms with van der Waals surface area (Å²) >= 11 is 0. The quantitative estimate of drug-likeness (QED) is 0.0472. The number of nitrogens with one attached hydrogen (secondary N) is 1. The number of fused-ring (bicyclic) bond motifs is 2. The summed E-state index contributed by atoms with van der Waals surface area (Å²) < 4.78 is 130. The lowest BCUT2D eigenvalue weighted by molar-refractivity contribution is -0.142. The van der Waals surface area contributed by atoms with Crippen LogP contribution in [-0.4, -0.2) is 365 Å². The third kappa shape index (κ3) is 69.9. The standard InChI is InChI=1S/C82H154N4O29/c87-73-77-75-21-23-78-79(24-22-76(75)77)86(85-84-78)26-28-94-30-32-96-34-36-98-38-40-100-42-44-102-46-48-104-50-52-106-54-56-108-58-60-110-62-64-112-66-68-114-70-72-115-71-69-113-67-65-111-63-61-109-59-57-107-55-53-105-51-49-103-47-45-101-43-41-99-39-37-97-35-33-95-31-29-93-27-25-83-80(88)19-15-11-7-3-1-5-9-13-17-74(82(91)92)18-14-10-6-2-4-8-12-16-20-81(89)90/h74-77,87H,1-73H2,(H,83,88)(H,89,90)(H,91,92)/t74?,75-,76+,77-/m1/s1. The number of carbonyl (C=O) groups excluding carboxylic acids is 1. The molecule has 2 aliphatic rings. The van der Waals surface area contributed by atoms with Gasteiger partial charge in [-0.25, -0.2) is 4.68 Å². The van der Waals surface area contributed by atoms with Gasteiger partial charge >= 0.3 is 11.9 Å². The molecule has 1 heterocycles. The molecule has 1 amide bonds. The van der Waals surface area contributed by atoms with E-state index in [2.05, 4.69) is 15.6 Å². The lowest BCUT2D eigenvalue weighted by Gasteiger charge is -2.12. The molecule has 2 aliphatic carbocycles. The molecule has 676 valence electrons. The summed E-state index contributed by atoms with van der Waals surface area (Å²) in [5, 5.41) is 39.6. The fourth-order valence-electron chi connectivity index (χ4n) is 12.6. The summed E-state index contributed by atoms with van der Waals surface area (Å²) in [5.41, 5.74) is 2.34. The molecule has 0 aromatic carbocycles. The molecule has 1 aromatic heterocycles. The van der Waals surface area contributed by atoms with Crippen LogP contribution in [0.2, 0.25) is 0 Å². The molecule has 115 heavy (non-hydrogen) atoms. The predicted octanol–water partition coefficient (Wildman–Crippen LogP) is 7.10. The second kappa shape index (κ2) is 84.2. The molecule has 0 saturated heterocycles. The van der Waals surface area contributed by atoms with Crippen molar-refractivity contribution in [3.63, 3.8) is 0 Å². The van der Waals surface area contributed by atoms with Gasteiger partial charge in [0, 0.05) is 26.0 Å². The van der Waals surface area contributed by atoms with Crippen LogP contribution in [-0.2, 0) is 143 Å². The Kier molecular flexibility index (Phi) is 77.5. The maximum absolute atomic E-state index is 12.2. The van der Waals surface area contributed by atoms with Crippen LogP contribution in [0.25, 0.3) is 0 Å². The summed E-state index contributed by atoms with van der Waals surface area (Å²) in [6, 6.07) is 0. The van der Waals surface area contributed by atoms with Crippen molar-refractivity contribution in [1.82, 2.24) is 20.3 Å². The molecule has 33 heteroatoms. The molecule has 33 nitrogen and oxygen atoms in total. The van der Waals surface area contributed by atoms with E-state index in [-0.39, 0.29) is 18.2 Å². The number of carbonyl (C=O) groups is 3. The highest BCUT2D eigenvalue weighted by Gasteiger charge is 2.49. The molecule has 0 aliphatic heterocycles. The third-order valence-corrected chi connectivity index (χ3v) is 19.0. The van der Waals surface area contributed by atoms with Crippen molar-refractivity contribution in [2.45, 2.75) is 161 Å². The van der Waals surface area contributed by atoms with Crippen LogP contribution in [0.15, 0.2) is 0 Å². The lowest BCUT2D eigenvalue weighted by atomic mass is 9.94. The molecular formula is C82H154N4O29. The maximum Gasteiger partial charge on any atom is 0.306 e. The Hall–Kier alpha value is -3.41. The minimum atomic E-state index is -0.723. The van der Waals surface area contributed by atoms with Crippen molar-refractivity contribution >= 4 is 17.8 Å². The number of nitrogens with zero attached hydrogens (tertiary/aromatic N) is 3. The Morgan fingerprint density at radius 1 is 0.322 bits per heavy atom. The van der Waals surface area contributed by atoms with Gasteiger partial charge in [-0.3, -0.25) is 14.4 Å². The number of amides is 1. The smallest absolute Gasteiger partial charge is 0.306 e. The Labute approximate surface area is 686 Å². The normalized spacial score (nSPS) is 15.0. The molecule has 4 atom stereocenters. The van der Waals surface area contributed by atoms with Crippen molar-refractivity contribution in [2.24, 2.45) is 23.7 Å². The number of rotatable bonds is 96. The Balaban J connectivity index is 0.845. The minimum Gasteiger partial charge on any atom is -0.481 e. The van der Waals surface area contributed by atoms with Crippen LogP contribution in [0, 0.1) is 23.7 Å². The van der Waals surface area contributed by atoms with Crippen LogP contribution in [0.4, 0.5) is 0 Å². The van der Waals surface area contributed by atoms with Crippen molar-refractivity contribution in [3.8, 4) is 0 Å². The highest BCUT2D eigenvalue weighted by Crippen LogP contribution is 2.52. The molecular weight excluding hydrogens is 1500 g/mol. The fourth-order valence-corrected chi connectivity index (χ4v) is 12.6. The van der Waals surface area contributed by atoms with Gasteiger partial charge in [-0.15, -0.1) is 5.10 Å². The molecule has 1 aromatic rings. The first-order valence-electron chi connectivity index (χ1n) is 43.4. The summed E-state index contributed by atoms with van der Waals surface area (Å²) in [6.45, 7) is 23.5. The van der Waals surface area contributed by atoms with Crippen molar-refractivity contribution in [1.29, 1.82) is 0 Å². The van der Waals surface area contributed by atoms with Gasteiger partial charge in [0.05, 0.1) is 328 Å². The van der Waals surface area contributed by atoms with Crippen LogP contribution < -0.4 is 5.32 Å². The number of aliphatic hydroxyl groups is 1. The van der Waals surface area contributed by atoms with Crippen LogP contribution in [0.1, 0.15) is 153 Å². The number of ether oxygens (including phenoxy) is 23. The predicted molar refractivity (Wildman–Crippen MR) is 427 cm³/mol. The highest BCUT2D eigenvalue weighted by molar-refractivity contribution is 5.75. The molecule has 4 N–H and O–H groups in total. The summed E-state index contributed by atoms with van der Waals surface area (Å²) in [4.78, 5) is 34.5. The summed E-state index contributed by atoms with van der Waals surface area (Å²) in [6.07, 6.45) is 23.1. The second-order valence-corrected chi connectivity index (χ2v) is 28.1. The number of aromatic nitrogens is 3. The first kappa shape index (κ1) is 106. The topological polar surface area (TPSA) is 367 Å². The first-order valence-corrected chi connectivity index (χ1v) is 43.4. The number of aliphatic carboxylic acids is 2. The van der Waals surface area contributed by atoms with Gasteiger partial charge in [-0.2, -0.15) is 0 Å². The number of hydrogen-bond acceptors (Lipinski definition) is 29. The SMILES string of the molecule is O=C(O)CCCCCCCCCCC(CCCCCCCCCCC(=O)NCCOCCOCCOCCOCCOCCOCCOCCOCCOCCOCCOCCOCCOCCOCCOCCOCCOCCOCCOCCOCCOCCOCCOCCn1nnc2c1CC[C@@H]1[C@H](CO)[C@@H]1CC2)C(=O)O. The average molecular weight is 1660 g/mol. The van der Waals surface area contributed by atoms with Gasteiger partial charge in [0.25, 0.3) is 0 Å². The highest BCUT2D eigenvalue weighted by atomic mass is 16.6. The number of aliphatic hydroxyl groups excluding tert-OH is 1. The zero-order chi connectivity index (χ0) is 81.8. The molecule has 1 fully saturated rings. The largest absolute Gasteiger partial charge is 0.481 e. The number of aryl methyl sites for hydroxylation is 1. The Morgan fingerprint density at radius 2 is 0.565 bits per heavy atom. The van der Waals surface area contributed by atoms with E-state index in [1.54, 1.807) is 0 Å². The van der Waals surface area contributed by atoms with Crippen molar-refractivity contribution in [3.05, 3.63) is 11.4 Å². The third-order valence-electron chi connectivity index (χ3n) is 19.0. The van der Waals surface area contributed by atoms with Crippen molar-refractivity contribution < 1.29 is 139 Å². The van der Waals surface area contributed by atoms with Gasteiger partial charge in [0.15, 0.2) is 0 Å². The van der Waals surface area contributed by atoms with E-state index in [4.69, 9.17) is 114 Å². The molecule has 1 unspecified atom stereocenters. The lowest BCUT2D eigenvalue weighted by Crippen LogP contribution is -2.27. The number of unbranched alkanes of at least 4 members (excludes halogenated alkanes) is 14. The maximum atomic E-state index is 12.2. The monoisotopic (exact) mass is 1660 g/mol. The first-order chi connectivity index (χ1) is 56.9. The van der Waals surface area contributed by atoms with E-state index in [0.717, 1.165) is 147 Å². The van der Waals surface area contributed by atoms with E-state index in [0.29, 0.717) is 348 Å². The number of hydrogen-bond donors (Lipinski definition) is 4. The van der Waals surface area contributed by atoms with Gasteiger partial charge in [-0.1, -0.05) is 95.1 Å². The Morgan fingerprint density at radius 3 is 0.835 bits per heavy atom. The van der Waals surface area contributed by atoms with Gasteiger partial charge in [0.2, 0.25) is 5.91 Å². The Bertz CT molecular complexity index is 2240. The van der Waals surface area contributed by atoms with E-state index in [1.165, 1.54) is 5.69 Å². The van der Waals surface area contributed by atoms with Crippen molar-refractivity contribution in [2.75, 3.05) is 317 Å². The zero-order valence-electron chi connectivity index (χ0n) is 70.2. The summed E-state index contributed by atoms with van der Waals surface area (Å²) in [7, 11) is 0. The zero-order valence-corrected chi connectivity index (χ0v) is 70.2. The van der Waals surface area contributed by atoms with E-state index in [9.17, 15) is 24.6 Å². The molecule has 3 rings (SSSR count). The van der Waals surface area contributed by atoms with Crippen LogP contribution >= 0.6 is 0 Å². The van der Waals surface area contributed by atoms with Gasteiger partial charge in [-0.05, 0) is 69.1 Å². The minimum absolute atomic E-state index is 0.0511. The van der Waals surface area contributed by atoms with Crippen LogP contribution in [0.3, 0.4) is 0 Å².